The standard InChI is InChI=1S/C15H21ClN2O2/c1-15(2,3)20-14(19)18-9-5-4-6-12(18)11-7-8-13(16)17-10-11/h7-8,10,12H,4-6,9H2,1-3H3/t12-/m0/s1. The molecule has 0 N–H and O–H groups in total. The molecule has 0 aliphatic carbocycles. The van der Waals surface area contributed by atoms with E-state index in [1.807, 2.05) is 26.8 Å². The lowest BCUT2D eigenvalue weighted by atomic mass is 9.97. The van der Waals surface area contributed by atoms with Gasteiger partial charge in [-0.15, -0.1) is 0 Å². The van der Waals surface area contributed by atoms with Gasteiger partial charge in [-0.3, -0.25) is 0 Å². The number of likely N-dealkylation sites (tertiary alicyclic amines) is 1. The van der Waals surface area contributed by atoms with Crippen LogP contribution in [0.15, 0.2) is 18.3 Å². The molecular formula is C15H21ClN2O2. The summed E-state index contributed by atoms with van der Waals surface area (Å²) in [6, 6.07) is 3.73. The van der Waals surface area contributed by atoms with E-state index in [0.29, 0.717) is 5.15 Å². The number of halogens is 1. The van der Waals surface area contributed by atoms with Gasteiger partial charge in [0.05, 0.1) is 6.04 Å². The first-order chi connectivity index (χ1) is 9.37. The lowest BCUT2D eigenvalue weighted by Gasteiger charge is -2.36. The monoisotopic (exact) mass is 296 g/mol. The van der Waals surface area contributed by atoms with Crippen LogP contribution in [0.3, 0.4) is 0 Å². The largest absolute Gasteiger partial charge is 0.444 e. The van der Waals surface area contributed by atoms with Crippen molar-refractivity contribution >= 4 is 17.7 Å². The van der Waals surface area contributed by atoms with Gasteiger partial charge < -0.3 is 9.64 Å². The maximum atomic E-state index is 12.3. The van der Waals surface area contributed by atoms with Crippen LogP contribution in [-0.2, 0) is 4.74 Å². The molecule has 1 fully saturated rings. The van der Waals surface area contributed by atoms with Crippen molar-refractivity contribution in [2.75, 3.05) is 6.54 Å². The summed E-state index contributed by atoms with van der Waals surface area (Å²) in [6.45, 7) is 6.37. The molecule has 1 aliphatic heterocycles. The van der Waals surface area contributed by atoms with Crippen molar-refractivity contribution < 1.29 is 9.53 Å². The quantitative estimate of drug-likeness (QED) is 0.730. The van der Waals surface area contributed by atoms with Crippen LogP contribution < -0.4 is 0 Å². The molecule has 2 rings (SSSR count). The molecule has 0 aromatic carbocycles. The van der Waals surface area contributed by atoms with E-state index in [-0.39, 0.29) is 12.1 Å². The van der Waals surface area contributed by atoms with Crippen molar-refractivity contribution in [1.82, 2.24) is 9.88 Å². The van der Waals surface area contributed by atoms with E-state index >= 15 is 0 Å². The first kappa shape index (κ1) is 15.1. The minimum Gasteiger partial charge on any atom is -0.444 e. The SMILES string of the molecule is CC(C)(C)OC(=O)N1CCCC[C@H]1c1ccc(Cl)nc1. The highest BCUT2D eigenvalue weighted by Crippen LogP contribution is 2.32. The van der Waals surface area contributed by atoms with Crippen molar-refractivity contribution in [3.05, 3.63) is 29.0 Å². The molecule has 0 unspecified atom stereocenters. The van der Waals surface area contributed by atoms with Gasteiger partial charge in [-0.25, -0.2) is 9.78 Å². The number of ether oxygens (including phenoxy) is 1. The zero-order valence-electron chi connectivity index (χ0n) is 12.2. The first-order valence-electron chi connectivity index (χ1n) is 6.98. The van der Waals surface area contributed by atoms with Gasteiger partial charge in [0, 0.05) is 12.7 Å². The van der Waals surface area contributed by atoms with Gasteiger partial charge in [0.1, 0.15) is 10.8 Å². The normalized spacial score (nSPS) is 19.8. The second kappa shape index (κ2) is 6.00. The van der Waals surface area contributed by atoms with E-state index in [2.05, 4.69) is 4.98 Å². The van der Waals surface area contributed by atoms with E-state index in [9.17, 15) is 4.79 Å². The summed E-state index contributed by atoms with van der Waals surface area (Å²) >= 11 is 5.82. The number of piperidine rings is 1. The fraction of sp³-hybridized carbons (Fsp3) is 0.600. The van der Waals surface area contributed by atoms with Crippen LogP contribution in [0.5, 0.6) is 0 Å². The number of pyridine rings is 1. The van der Waals surface area contributed by atoms with Crippen molar-refractivity contribution in [1.29, 1.82) is 0 Å². The van der Waals surface area contributed by atoms with Gasteiger partial charge in [-0.1, -0.05) is 17.7 Å². The van der Waals surface area contributed by atoms with Crippen LogP contribution >= 0.6 is 11.6 Å². The summed E-state index contributed by atoms with van der Waals surface area (Å²) in [5.74, 6) is 0. The summed E-state index contributed by atoms with van der Waals surface area (Å²) < 4.78 is 5.49. The highest BCUT2D eigenvalue weighted by atomic mass is 35.5. The summed E-state index contributed by atoms with van der Waals surface area (Å²) in [7, 11) is 0. The zero-order valence-corrected chi connectivity index (χ0v) is 13.0. The number of hydrogen-bond donors (Lipinski definition) is 0. The first-order valence-corrected chi connectivity index (χ1v) is 7.36. The summed E-state index contributed by atoms with van der Waals surface area (Å²) in [6.07, 6.45) is 4.54. The molecule has 5 heteroatoms. The lowest BCUT2D eigenvalue weighted by molar-refractivity contribution is 0.00948. The van der Waals surface area contributed by atoms with Crippen LogP contribution in [0.25, 0.3) is 0 Å². The Labute approximate surface area is 125 Å². The second-order valence-corrected chi connectivity index (χ2v) is 6.49. The molecule has 0 saturated carbocycles. The predicted molar refractivity (Wildman–Crippen MR) is 78.8 cm³/mol. The molecule has 20 heavy (non-hydrogen) atoms. The van der Waals surface area contributed by atoms with Crippen LogP contribution in [0.2, 0.25) is 5.15 Å². The molecule has 4 nitrogen and oxygen atoms in total. The molecule has 1 atom stereocenters. The summed E-state index contributed by atoms with van der Waals surface area (Å²) in [5, 5.41) is 0.466. The Bertz CT molecular complexity index is 468. The molecule has 0 spiro atoms. The molecule has 1 saturated heterocycles. The maximum Gasteiger partial charge on any atom is 0.410 e. The molecule has 1 aliphatic rings. The van der Waals surface area contributed by atoms with E-state index < -0.39 is 5.60 Å². The fourth-order valence-corrected chi connectivity index (χ4v) is 2.51. The number of aromatic nitrogens is 1. The number of carbonyl (C=O) groups is 1. The minimum atomic E-state index is -0.475. The number of carbonyl (C=O) groups excluding carboxylic acids is 1. The molecule has 110 valence electrons. The average Bonchev–Trinajstić information content (AvgIpc) is 2.38. The molecule has 2 heterocycles. The van der Waals surface area contributed by atoms with Crippen molar-refractivity contribution in [3.8, 4) is 0 Å². The van der Waals surface area contributed by atoms with E-state index in [4.69, 9.17) is 16.3 Å². The number of amides is 1. The molecule has 0 radical (unpaired) electrons. The molecule has 1 aromatic rings. The zero-order chi connectivity index (χ0) is 14.8. The smallest absolute Gasteiger partial charge is 0.410 e. The van der Waals surface area contributed by atoms with E-state index in [1.54, 1.807) is 17.2 Å². The Morgan fingerprint density at radius 3 is 2.75 bits per heavy atom. The van der Waals surface area contributed by atoms with E-state index in [0.717, 1.165) is 31.4 Å². The van der Waals surface area contributed by atoms with Crippen molar-refractivity contribution in [2.45, 2.75) is 51.7 Å². The van der Waals surface area contributed by atoms with Crippen molar-refractivity contribution in [2.24, 2.45) is 0 Å². The van der Waals surface area contributed by atoms with Crippen LogP contribution in [0.4, 0.5) is 4.79 Å². The van der Waals surface area contributed by atoms with E-state index in [1.165, 1.54) is 0 Å². The van der Waals surface area contributed by atoms with Gasteiger partial charge in [0.2, 0.25) is 0 Å². The topological polar surface area (TPSA) is 42.4 Å². The fourth-order valence-electron chi connectivity index (χ4n) is 2.40. The van der Waals surface area contributed by atoms with Gasteiger partial charge in [0.25, 0.3) is 0 Å². The van der Waals surface area contributed by atoms with Crippen LogP contribution in [-0.4, -0.2) is 28.1 Å². The number of hydrogen-bond acceptors (Lipinski definition) is 3. The van der Waals surface area contributed by atoms with Gasteiger partial charge >= 0.3 is 6.09 Å². The third-order valence-corrected chi connectivity index (χ3v) is 3.49. The Morgan fingerprint density at radius 1 is 1.40 bits per heavy atom. The maximum absolute atomic E-state index is 12.3. The van der Waals surface area contributed by atoms with Crippen LogP contribution in [0, 0.1) is 0 Å². The number of rotatable bonds is 1. The average molecular weight is 297 g/mol. The molecule has 1 aromatic heterocycles. The van der Waals surface area contributed by atoms with Gasteiger partial charge in [-0.05, 0) is 51.7 Å². The molecule has 0 bridgehead atoms. The molecule has 1 amide bonds. The molecular weight excluding hydrogens is 276 g/mol. The number of nitrogens with zero attached hydrogens (tertiary/aromatic N) is 2. The van der Waals surface area contributed by atoms with Gasteiger partial charge in [-0.2, -0.15) is 0 Å². The Kier molecular flexibility index (Phi) is 4.53. The highest BCUT2D eigenvalue weighted by molar-refractivity contribution is 6.29. The summed E-state index contributed by atoms with van der Waals surface area (Å²) in [5.41, 5.74) is 0.539. The third-order valence-electron chi connectivity index (χ3n) is 3.27. The predicted octanol–water partition coefficient (Wildman–Crippen LogP) is 4.20. The highest BCUT2D eigenvalue weighted by Gasteiger charge is 2.31. The van der Waals surface area contributed by atoms with Crippen LogP contribution in [0.1, 0.15) is 51.6 Å². The Morgan fingerprint density at radius 2 is 2.15 bits per heavy atom. The lowest BCUT2D eigenvalue weighted by Crippen LogP contribution is -2.41. The Balaban J connectivity index is 2.16. The minimum absolute atomic E-state index is 0.0309. The third kappa shape index (κ3) is 3.85. The Hall–Kier alpha value is -1.29. The van der Waals surface area contributed by atoms with Gasteiger partial charge in [0.15, 0.2) is 0 Å². The second-order valence-electron chi connectivity index (χ2n) is 6.10. The van der Waals surface area contributed by atoms with Crippen molar-refractivity contribution in [3.63, 3.8) is 0 Å². The summed E-state index contributed by atoms with van der Waals surface area (Å²) in [4.78, 5) is 18.2.